The van der Waals surface area contributed by atoms with E-state index in [9.17, 15) is 19.5 Å². The Labute approximate surface area is 135 Å². The van der Waals surface area contributed by atoms with Crippen molar-refractivity contribution >= 4 is 23.5 Å². The fraction of sp³-hybridized carbons (Fsp3) is 0.471. The van der Waals surface area contributed by atoms with Gasteiger partial charge in [-0.3, -0.25) is 14.4 Å². The van der Waals surface area contributed by atoms with Gasteiger partial charge in [0.1, 0.15) is 0 Å². The van der Waals surface area contributed by atoms with Crippen molar-refractivity contribution in [1.82, 2.24) is 4.90 Å². The predicted molar refractivity (Wildman–Crippen MR) is 86.3 cm³/mol. The number of carboxylic acid groups (broad SMARTS) is 1. The van der Waals surface area contributed by atoms with Gasteiger partial charge in [-0.15, -0.1) is 0 Å². The molecule has 2 rings (SSSR count). The number of amides is 2. The van der Waals surface area contributed by atoms with Crippen LogP contribution in [0.3, 0.4) is 0 Å². The Bertz CT molecular complexity index is 641. The van der Waals surface area contributed by atoms with Crippen molar-refractivity contribution < 1.29 is 19.5 Å². The summed E-state index contributed by atoms with van der Waals surface area (Å²) in [6, 6.07) is 5.17. The molecule has 1 aliphatic rings. The lowest BCUT2D eigenvalue weighted by atomic mass is 9.92. The van der Waals surface area contributed by atoms with Gasteiger partial charge in [0.05, 0.1) is 5.92 Å². The van der Waals surface area contributed by atoms with Crippen LogP contribution in [0.15, 0.2) is 18.2 Å². The fourth-order valence-electron chi connectivity index (χ4n) is 2.88. The number of aryl methyl sites for hydroxylation is 1. The molecule has 2 unspecified atom stereocenters. The monoisotopic (exact) mass is 318 g/mol. The molecule has 6 nitrogen and oxygen atoms in total. The van der Waals surface area contributed by atoms with Gasteiger partial charge in [-0.05, 0) is 44.4 Å². The lowest BCUT2D eigenvalue weighted by Gasteiger charge is -2.36. The Hall–Kier alpha value is -2.37. The van der Waals surface area contributed by atoms with E-state index >= 15 is 0 Å². The third kappa shape index (κ3) is 3.88. The summed E-state index contributed by atoms with van der Waals surface area (Å²) in [5, 5.41) is 11.9. The summed E-state index contributed by atoms with van der Waals surface area (Å²) in [7, 11) is 0. The number of carboxylic acids is 1. The van der Waals surface area contributed by atoms with Crippen LogP contribution in [-0.4, -0.2) is 40.4 Å². The fourth-order valence-corrected chi connectivity index (χ4v) is 2.88. The van der Waals surface area contributed by atoms with Gasteiger partial charge in [0.15, 0.2) is 0 Å². The maximum absolute atomic E-state index is 12.9. The van der Waals surface area contributed by atoms with E-state index in [-0.39, 0.29) is 24.4 Å². The number of carbonyl (C=O) groups excluding carboxylic acids is 2. The van der Waals surface area contributed by atoms with Gasteiger partial charge in [0.2, 0.25) is 5.91 Å². The van der Waals surface area contributed by atoms with E-state index in [0.29, 0.717) is 24.1 Å². The SMILES string of the molecule is CC(=O)Nc1ccc(C)c(C(=O)N2CC(C(=O)O)CCC2C)c1. The van der Waals surface area contributed by atoms with E-state index in [1.165, 1.54) is 6.92 Å². The minimum Gasteiger partial charge on any atom is -0.481 e. The second-order valence-corrected chi connectivity index (χ2v) is 6.13. The van der Waals surface area contributed by atoms with Crippen LogP contribution in [-0.2, 0) is 9.59 Å². The molecule has 23 heavy (non-hydrogen) atoms. The van der Waals surface area contributed by atoms with Crippen LogP contribution in [0.4, 0.5) is 5.69 Å². The van der Waals surface area contributed by atoms with E-state index in [1.54, 1.807) is 23.1 Å². The van der Waals surface area contributed by atoms with Crippen LogP contribution in [0.25, 0.3) is 0 Å². The lowest BCUT2D eigenvalue weighted by Crippen LogP contribution is -2.47. The highest BCUT2D eigenvalue weighted by Gasteiger charge is 2.33. The molecule has 6 heteroatoms. The maximum Gasteiger partial charge on any atom is 0.308 e. The van der Waals surface area contributed by atoms with Crippen LogP contribution in [0.5, 0.6) is 0 Å². The summed E-state index contributed by atoms with van der Waals surface area (Å²) in [6.45, 7) is 5.39. The Morgan fingerprint density at radius 1 is 1.26 bits per heavy atom. The highest BCUT2D eigenvalue weighted by Crippen LogP contribution is 2.26. The van der Waals surface area contributed by atoms with Gasteiger partial charge >= 0.3 is 5.97 Å². The molecule has 1 aromatic rings. The number of hydrogen-bond donors (Lipinski definition) is 2. The van der Waals surface area contributed by atoms with Crippen molar-refractivity contribution in [3.63, 3.8) is 0 Å². The third-order valence-electron chi connectivity index (χ3n) is 4.28. The molecule has 0 spiro atoms. The van der Waals surface area contributed by atoms with Gasteiger partial charge in [-0.1, -0.05) is 6.07 Å². The number of piperidine rings is 1. The number of nitrogens with zero attached hydrogens (tertiary/aromatic N) is 1. The summed E-state index contributed by atoms with van der Waals surface area (Å²) in [4.78, 5) is 36.9. The minimum atomic E-state index is -0.863. The Balaban J connectivity index is 2.27. The molecule has 0 bridgehead atoms. The zero-order valence-corrected chi connectivity index (χ0v) is 13.6. The molecule has 2 amide bonds. The summed E-state index contributed by atoms with van der Waals surface area (Å²) < 4.78 is 0. The van der Waals surface area contributed by atoms with Gasteiger partial charge in [0.25, 0.3) is 5.91 Å². The molecule has 1 aliphatic heterocycles. The van der Waals surface area contributed by atoms with Gasteiger partial charge in [0, 0.05) is 30.8 Å². The molecule has 1 heterocycles. The summed E-state index contributed by atoms with van der Waals surface area (Å²) in [5.74, 6) is -1.77. The summed E-state index contributed by atoms with van der Waals surface area (Å²) in [6.07, 6.45) is 1.26. The molecular formula is C17H22N2O4. The Kier molecular flexibility index (Phi) is 5.03. The van der Waals surface area contributed by atoms with Crippen LogP contribution in [0.2, 0.25) is 0 Å². The molecule has 0 saturated carbocycles. The standard InChI is InChI=1S/C17H22N2O4/c1-10-4-7-14(18-12(3)20)8-15(10)16(21)19-9-13(17(22)23)6-5-11(19)2/h4,7-8,11,13H,5-6,9H2,1-3H3,(H,18,20)(H,22,23). The molecule has 1 fully saturated rings. The van der Waals surface area contributed by atoms with Crippen molar-refractivity contribution in [2.24, 2.45) is 5.92 Å². The minimum absolute atomic E-state index is 0.00178. The number of aliphatic carboxylic acids is 1. The number of anilines is 1. The van der Waals surface area contributed by atoms with E-state index in [0.717, 1.165) is 5.56 Å². The van der Waals surface area contributed by atoms with Crippen LogP contribution in [0.1, 0.15) is 42.6 Å². The van der Waals surface area contributed by atoms with E-state index in [2.05, 4.69) is 5.32 Å². The molecule has 0 radical (unpaired) electrons. The molecule has 124 valence electrons. The molecule has 2 atom stereocenters. The topological polar surface area (TPSA) is 86.7 Å². The molecule has 0 aliphatic carbocycles. The number of carbonyl (C=O) groups is 3. The number of hydrogen-bond acceptors (Lipinski definition) is 3. The molecule has 1 aromatic carbocycles. The average molecular weight is 318 g/mol. The van der Waals surface area contributed by atoms with Crippen LogP contribution >= 0.6 is 0 Å². The number of benzene rings is 1. The average Bonchev–Trinajstić information content (AvgIpc) is 2.48. The molecule has 2 N–H and O–H groups in total. The first-order valence-corrected chi connectivity index (χ1v) is 7.71. The highest BCUT2D eigenvalue weighted by molar-refractivity contribution is 5.98. The molecule has 1 saturated heterocycles. The normalized spacial score (nSPS) is 20.9. The van der Waals surface area contributed by atoms with Crippen molar-refractivity contribution in [1.29, 1.82) is 0 Å². The first-order valence-electron chi connectivity index (χ1n) is 7.71. The van der Waals surface area contributed by atoms with Gasteiger partial charge < -0.3 is 15.3 Å². The van der Waals surface area contributed by atoms with Crippen molar-refractivity contribution in [2.45, 2.75) is 39.7 Å². The molecule has 0 aromatic heterocycles. The largest absolute Gasteiger partial charge is 0.481 e. The van der Waals surface area contributed by atoms with E-state index in [1.807, 2.05) is 13.8 Å². The lowest BCUT2D eigenvalue weighted by molar-refractivity contribution is -0.143. The predicted octanol–water partition coefficient (Wildman–Crippen LogP) is 2.28. The molecular weight excluding hydrogens is 296 g/mol. The Morgan fingerprint density at radius 2 is 1.96 bits per heavy atom. The van der Waals surface area contributed by atoms with Crippen molar-refractivity contribution in [3.05, 3.63) is 29.3 Å². The van der Waals surface area contributed by atoms with E-state index in [4.69, 9.17) is 0 Å². The second kappa shape index (κ2) is 6.81. The zero-order valence-electron chi connectivity index (χ0n) is 13.6. The van der Waals surface area contributed by atoms with E-state index < -0.39 is 11.9 Å². The van der Waals surface area contributed by atoms with Gasteiger partial charge in [-0.25, -0.2) is 0 Å². The first-order chi connectivity index (χ1) is 10.8. The number of rotatable bonds is 3. The third-order valence-corrected chi connectivity index (χ3v) is 4.28. The highest BCUT2D eigenvalue weighted by atomic mass is 16.4. The zero-order chi connectivity index (χ0) is 17.1. The summed E-state index contributed by atoms with van der Waals surface area (Å²) >= 11 is 0. The second-order valence-electron chi connectivity index (χ2n) is 6.13. The quantitative estimate of drug-likeness (QED) is 0.895. The maximum atomic E-state index is 12.9. The first kappa shape index (κ1) is 17.0. The Morgan fingerprint density at radius 3 is 2.57 bits per heavy atom. The van der Waals surface area contributed by atoms with Crippen LogP contribution < -0.4 is 5.32 Å². The van der Waals surface area contributed by atoms with Crippen LogP contribution in [0, 0.1) is 12.8 Å². The number of likely N-dealkylation sites (tertiary alicyclic amines) is 1. The van der Waals surface area contributed by atoms with Crippen molar-refractivity contribution in [3.8, 4) is 0 Å². The van der Waals surface area contributed by atoms with Gasteiger partial charge in [-0.2, -0.15) is 0 Å². The smallest absolute Gasteiger partial charge is 0.308 e. The number of nitrogens with one attached hydrogen (secondary N) is 1. The summed E-state index contributed by atoms with van der Waals surface area (Å²) in [5.41, 5.74) is 1.86. The van der Waals surface area contributed by atoms with Crippen molar-refractivity contribution in [2.75, 3.05) is 11.9 Å².